The number of allylic oxidation sites excluding steroid dienone is 1. The molecule has 1 saturated heterocycles. The van der Waals surface area contributed by atoms with E-state index in [9.17, 15) is 17.6 Å². The standard InChI is InChI=1S/C16H21FN2O3S/c1-12(13-3-5-14(17)6-4-13)11-16(20)18-15-7-9-19(10-8-15)23(2,21)22/h3-6,11,15H,7-10H2,1-2H3,(H,18,20). The molecule has 0 unspecified atom stereocenters. The number of amides is 1. The fourth-order valence-corrected chi connectivity index (χ4v) is 3.44. The normalized spacial score (nSPS) is 18.0. The van der Waals surface area contributed by atoms with E-state index in [0.29, 0.717) is 25.9 Å². The van der Waals surface area contributed by atoms with Gasteiger partial charge >= 0.3 is 0 Å². The second-order valence-electron chi connectivity index (χ2n) is 5.78. The largest absolute Gasteiger partial charge is 0.350 e. The highest BCUT2D eigenvalue weighted by Crippen LogP contribution is 2.15. The summed E-state index contributed by atoms with van der Waals surface area (Å²) in [5.74, 6) is -0.534. The van der Waals surface area contributed by atoms with E-state index >= 15 is 0 Å². The highest BCUT2D eigenvalue weighted by molar-refractivity contribution is 7.88. The van der Waals surface area contributed by atoms with Crippen molar-refractivity contribution in [3.8, 4) is 0 Å². The van der Waals surface area contributed by atoms with Gasteiger partial charge in [-0.2, -0.15) is 0 Å². The average molecular weight is 340 g/mol. The topological polar surface area (TPSA) is 66.5 Å². The van der Waals surface area contributed by atoms with Crippen molar-refractivity contribution in [1.29, 1.82) is 0 Å². The van der Waals surface area contributed by atoms with Gasteiger partial charge in [-0.25, -0.2) is 17.1 Å². The number of nitrogens with one attached hydrogen (secondary N) is 1. The van der Waals surface area contributed by atoms with Crippen LogP contribution in [-0.4, -0.2) is 44.0 Å². The first kappa shape index (κ1) is 17.6. The van der Waals surface area contributed by atoms with E-state index in [1.165, 1.54) is 28.8 Å². The summed E-state index contributed by atoms with van der Waals surface area (Å²) in [6.07, 6.45) is 3.88. The number of hydrogen-bond donors (Lipinski definition) is 1. The van der Waals surface area contributed by atoms with Crippen LogP contribution >= 0.6 is 0 Å². The summed E-state index contributed by atoms with van der Waals surface area (Å²) in [6, 6.07) is 5.92. The number of rotatable bonds is 4. The summed E-state index contributed by atoms with van der Waals surface area (Å²) >= 11 is 0. The van der Waals surface area contributed by atoms with Gasteiger partial charge in [0.15, 0.2) is 0 Å². The monoisotopic (exact) mass is 340 g/mol. The number of benzene rings is 1. The van der Waals surface area contributed by atoms with Gasteiger partial charge in [0.25, 0.3) is 0 Å². The summed E-state index contributed by atoms with van der Waals surface area (Å²) in [4.78, 5) is 12.0. The lowest BCUT2D eigenvalue weighted by Gasteiger charge is -2.30. The van der Waals surface area contributed by atoms with Gasteiger partial charge in [-0.05, 0) is 43.0 Å². The number of carbonyl (C=O) groups is 1. The van der Waals surface area contributed by atoms with Crippen molar-refractivity contribution >= 4 is 21.5 Å². The molecule has 0 aliphatic carbocycles. The molecule has 126 valence electrons. The van der Waals surface area contributed by atoms with Crippen LogP contribution in [0.1, 0.15) is 25.3 Å². The molecule has 0 bridgehead atoms. The zero-order valence-electron chi connectivity index (χ0n) is 13.3. The summed E-state index contributed by atoms with van der Waals surface area (Å²) in [6.45, 7) is 2.63. The maximum absolute atomic E-state index is 12.9. The first-order valence-electron chi connectivity index (χ1n) is 7.45. The molecule has 0 atom stereocenters. The zero-order valence-corrected chi connectivity index (χ0v) is 14.1. The molecule has 1 aromatic rings. The van der Waals surface area contributed by atoms with E-state index in [-0.39, 0.29) is 17.8 Å². The highest BCUT2D eigenvalue weighted by Gasteiger charge is 2.25. The molecule has 5 nitrogen and oxygen atoms in total. The van der Waals surface area contributed by atoms with Crippen LogP contribution in [0.4, 0.5) is 4.39 Å². The Kier molecular flexibility index (Phi) is 5.54. The predicted octanol–water partition coefficient (Wildman–Crippen LogP) is 1.77. The minimum atomic E-state index is -3.16. The molecule has 0 spiro atoms. The quantitative estimate of drug-likeness (QED) is 0.850. The van der Waals surface area contributed by atoms with Gasteiger partial charge in [0.2, 0.25) is 15.9 Å². The smallest absolute Gasteiger partial charge is 0.244 e. The fourth-order valence-electron chi connectivity index (χ4n) is 2.57. The van der Waals surface area contributed by atoms with Gasteiger partial charge < -0.3 is 5.32 Å². The van der Waals surface area contributed by atoms with E-state index in [1.54, 1.807) is 19.1 Å². The molecule has 0 saturated carbocycles. The maximum atomic E-state index is 12.9. The molecule has 0 radical (unpaired) electrons. The van der Waals surface area contributed by atoms with Crippen LogP contribution in [0.25, 0.3) is 5.57 Å². The van der Waals surface area contributed by atoms with Gasteiger partial charge in [0.1, 0.15) is 5.82 Å². The van der Waals surface area contributed by atoms with Crippen molar-refractivity contribution in [1.82, 2.24) is 9.62 Å². The van der Waals surface area contributed by atoms with Crippen LogP contribution < -0.4 is 5.32 Å². The third-order valence-electron chi connectivity index (χ3n) is 3.92. The Morgan fingerprint density at radius 2 is 1.83 bits per heavy atom. The summed E-state index contributed by atoms with van der Waals surface area (Å²) in [5, 5.41) is 2.89. The van der Waals surface area contributed by atoms with Crippen LogP contribution in [0, 0.1) is 5.82 Å². The van der Waals surface area contributed by atoms with E-state index in [4.69, 9.17) is 0 Å². The molecule has 1 N–H and O–H groups in total. The number of sulfonamides is 1. The minimum Gasteiger partial charge on any atom is -0.350 e. The Balaban J connectivity index is 1.90. The first-order chi connectivity index (χ1) is 10.8. The molecule has 0 aromatic heterocycles. The zero-order chi connectivity index (χ0) is 17.0. The molecule has 23 heavy (non-hydrogen) atoms. The average Bonchev–Trinajstić information content (AvgIpc) is 2.47. The van der Waals surface area contributed by atoms with Crippen molar-refractivity contribution < 1.29 is 17.6 Å². The molecular weight excluding hydrogens is 319 g/mol. The summed E-state index contributed by atoms with van der Waals surface area (Å²) < 4.78 is 37.2. The molecule has 1 aromatic carbocycles. The fraction of sp³-hybridized carbons (Fsp3) is 0.438. The third-order valence-corrected chi connectivity index (χ3v) is 5.22. The number of hydrogen-bond acceptors (Lipinski definition) is 3. The van der Waals surface area contributed by atoms with E-state index in [0.717, 1.165) is 11.1 Å². The number of piperidine rings is 1. The molecule has 1 heterocycles. The van der Waals surface area contributed by atoms with Crippen LogP contribution in [-0.2, 0) is 14.8 Å². The number of nitrogens with zero attached hydrogens (tertiary/aromatic N) is 1. The lowest BCUT2D eigenvalue weighted by atomic mass is 10.1. The van der Waals surface area contributed by atoms with Crippen molar-refractivity contribution in [3.05, 3.63) is 41.7 Å². The van der Waals surface area contributed by atoms with Crippen molar-refractivity contribution in [3.63, 3.8) is 0 Å². The second kappa shape index (κ2) is 7.23. The number of halogens is 1. The SMILES string of the molecule is CC(=CC(=O)NC1CCN(S(C)(=O)=O)CC1)c1ccc(F)cc1. The molecule has 2 rings (SSSR count). The van der Waals surface area contributed by atoms with Gasteiger partial charge in [0.05, 0.1) is 6.26 Å². The highest BCUT2D eigenvalue weighted by atomic mass is 32.2. The Bertz CT molecular complexity index is 691. The lowest BCUT2D eigenvalue weighted by Crippen LogP contribution is -2.45. The molecule has 1 amide bonds. The minimum absolute atomic E-state index is 0.0298. The third kappa shape index (κ3) is 5.14. The maximum Gasteiger partial charge on any atom is 0.244 e. The van der Waals surface area contributed by atoms with Crippen molar-refractivity contribution in [2.45, 2.75) is 25.8 Å². The van der Waals surface area contributed by atoms with Gasteiger partial charge in [-0.15, -0.1) is 0 Å². The number of carbonyl (C=O) groups excluding carboxylic acids is 1. The lowest BCUT2D eigenvalue weighted by molar-refractivity contribution is -0.117. The molecule has 1 aliphatic rings. The van der Waals surface area contributed by atoms with Gasteiger partial charge in [0, 0.05) is 25.2 Å². The van der Waals surface area contributed by atoms with E-state index < -0.39 is 10.0 Å². The van der Waals surface area contributed by atoms with Gasteiger partial charge in [-0.3, -0.25) is 4.79 Å². The van der Waals surface area contributed by atoms with Gasteiger partial charge in [-0.1, -0.05) is 12.1 Å². The Morgan fingerprint density at radius 1 is 1.26 bits per heavy atom. The Labute approximate surface area is 136 Å². The molecular formula is C16H21FN2O3S. The van der Waals surface area contributed by atoms with Crippen LogP contribution in [0.3, 0.4) is 0 Å². The second-order valence-corrected chi connectivity index (χ2v) is 7.76. The molecule has 1 aliphatic heterocycles. The molecule has 1 fully saturated rings. The van der Waals surface area contributed by atoms with E-state index in [1.807, 2.05) is 0 Å². The van der Waals surface area contributed by atoms with Crippen LogP contribution in [0.5, 0.6) is 0 Å². The van der Waals surface area contributed by atoms with Crippen molar-refractivity contribution in [2.24, 2.45) is 0 Å². The predicted molar refractivity (Wildman–Crippen MR) is 87.6 cm³/mol. The van der Waals surface area contributed by atoms with Crippen LogP contribution in [0.2, 0.25) is 0 Å². The summed E-state index contributed by atoms with van der Waals surface area (Å²) in [5.41, 5.74) is 1.53. The van der Waals surface area contributed by atoms with E-state index in [2.05, 4.69) is 5.32 Å². The molecule has 7 heteroatoms. The van der Waals surface area contributed by atoms with Crippen LogP contribution in [0.15, 0.2) is 30.3 Å². The summed E-state index contributed by atoms with van der Waals surface area (Å²) in [7, 11) is -3.16. The Morgan fingerprint density at radius 3 is 2.35 bits per heavy atom. The Hall–Kier alpha value is -1.73. The van der Waals surface area contributed by atoms with Crippen molar-refractivity contribution in [2.75, 3.05) is 19.3 Å². The first-order valence-corrected chi connectivity index (χ1v) is 9.30.